The third-order valence-corrected chi connectivity index (χ3v) is 4.37. The van der Waals surface area contributed by atoms with Gasteiger partial charge in [0, 0.05) is 18.1 Å². The van der Waals surface area contributed by atoms with Crippen molar-refractivity contribution in [2.24, 2.45) is 0 Å². The summed E-state index contributed by atoms with van der Waals surface area (Å²) in [7, 11) is 0. The van der Waals surface area contributed by atoms with Crippen molar-refractivity contribution in [3.8, 4) is 0 Å². The zero-order chi connectivity index (χ0) is 19.3. The standard InChI is InChI=1S/C17H12Cl3FN2O3/c1-2-26-17(25)12(8-22-10-5-3-9(21)4-6-10)15(24)11-7-23-16(20)14(19)13(11)18/h3-8,22H,2H2,1H3. The van der Waals surface area contributed by atoms with Gasteiger partial charge in [-0.15, -0.1) is 0 Å². The lowest BCUT2D eigenvalue weighted by Crippen LogP contribution is -2.18. The van der Waals surface area contributed by atoms with Gasteiger partial charge >= 0.3 is 5.97 Å². The largest absolute Gasteiger partial charge is 0.462 e. The van der Waals surface area contributed by atoms with E-state index in [2.05, 4.69) is 10.3 Å². The summed E-state index contributed by atoms with van der Waals surface area (Å²) in [5.41, 5.74) is 0.0129. The first-order valence-corrected chi connectivity index (χ1v) is 8.42. The Balaban J connectivity index is 2.39. The maximum absolute atomic E-state index is 13.0. The van der Waals surface area contributed by atoms with Crippen molar-refractivity contribution >= 4 is 52.2 Å². The van der Waals surface area contributed by atoms with Crippen molar-refractivity contribution in [2.75, 3.05) is 11.9 Å². The topological polar surface area (TPSA) is 68.3 Å². The second-order valence-corrected chi connectivity index (χ2v) is 5.96. The predicted octanol–water partition coefficient (Wildman–Crippen LogP) is 4.92. The number of aromatic nitrogens is 1. The van der Waals surface area contributed by atoms with Crippen LogP contribution in [-0.2, 0) is 9.53 Å². The second-order valence-electron chi connectivity index (χ2n) is 4.85. The Morgan fingerprint density at radius 1 is 1.19 bits per heavy atom. The van der Waals surface area contributed by atoms with Crippen molar-refractivity contribution < 1.29 is 18.7 Å². The molecule has 0 radical (unpaired) electrons. The summed E-state index contributed by atoms with van der Waals surface area (Å²) >= 11 is 17.7. The molecule has 0 unspecified atom stereocenters. The molecule has 0 fully saturated rings. The highest BCUT2D eigenvalue weighted by atomic mass is 35.5. The van der Waals surface area contributed by atoms with Crippen molar-refractivity contribution in [3.05, 3.63) is 68.8 Å². The Hall–Kier alpha value is -2.15. The summed E-state index contributed by atoms with van der Waals surface area (Å²) in [6.07, 6.45) is 2.26. The molecule has 2 aromatic rings. The van der Waals surface area contributed by atoms with Gasteiger partial charge in [-0.25, -0.2) is 14.2 Å². The Kier molecular flexibility index (Phi) is 6.97. The fourth-order valence-corrected chi connectivity index (χ4v) is 2.44. The summed E-state index contributed by atoms with van der Waals surface area (Å²) in [5, 5.41) is 2.43. The van der Waals surface area contributed by atoms with Crippen molar-refractivity contribution in [2.45, 2.75) is 6.92 Å². The number of nitrogens with one attached hydrogen (secondary N) is 1. The number of anilines is 1. The van der Waals surface area contributed by atoms with E-state index in [0.717, 1.165) is 12.4 Å². The molecule has 1 aromatic carbocycles. The molecule has 2 rings (SSSR count). The van der Waals surface area contributed by atoms with Gasteiger partial charge in [-0.2, -0.15) is 0 Å². The highest BCUT2D eigenvalue weighted by Crippen LogP contribution is 2.32. The Labute approximate surface area is 163 Å². The Morgan fingerprint density at radius 2 is 1.85 bits per heavy atom. The van der Waals surface area contributed by atoms with Crippen molar-refractivity contribution in [3.63, 3.8) is 0 Å². The van der Waals surface area contributed by atoms with Gasteiger partial charge in [0.2, 0.25) is 5.78 Å². The lowest BCUT2D eigenvalue weighted by molar-refractivity contribution is -0.138. The lowest BCUT2D eigenvalue weighted by atomic mass is 10.1. The molecule has 1 heterocycles. The fourth-order valence-electron chi connectivity index (χ4n) is 1.87. The van der Waals surface area contributed by atoms with E-state index >= 15 is 0 Å². The molecule has 5 nitrogen and oxygen atoms in total. The summed E-state index contributed by atoms with van der Waals surface area (Å²) in [5.74, 6) is -2.04. The molecule has 0 aliphatic heterocycles. The number of Topliss-reactive ketones (excluding diaryl/α,β-unsaturated/α-hetero) is 1. The molecule has 136 valence electrons. The molecular formula is C17H12Cl3FN2O3. The average molecular weight is 418 g/mol. The number of ketones is 1. The lowest BCUT2D eigenvalue weighted by Gasteiger charge is -2.10. The minimum atomic E-state index is -0.866. The number of benzene rings is 1. The molecule has 0 amide bonds. The second kappa shape index (κ2) is 8.98. The van der Waals surface area contributed by atoms with Gasteiger partial charge in [0.1, 0.15) is 16.5 Å². The summed E-state index contributed by atoms with van der Waals surface area (Å²) in [6.45, 7) is 1.66. The summed E-state index contributed by atoms with van der Waals surface area (Å²) in [6, 6.07) is 5.32. The number of carbonyl (C=O) groups excluding carboxylic acids is 2. The number of ether oxygens (including phenoxy) is 1. The van der Waals surface area contributed by atoms with Gasteiger partial charge in [0.25, 0.3) is 0 Å². The summed E-state index contributed by atoms with van der Waals surface area (Å²) < 4.78 is 17.9. The maximum Gasteiger partial charge on any atom is 0.343 e. The SMILES string of the molecule is CCOC(=O)C(=CNc1ccc(F)cc1)C(=O)c1cnc(Cl)c(Cl)c1Cl. The number of hydrogen-bond donors (Lipinski definition) is 1. The van der Waals surface area contributed by atoms with Gasteiger partial charge in [0.05, 0.1) is 22.2 Å². The zero-order valence-corrected chi connectivity index (χ0v) is 15.6. The maximum atomic E-state index is 13.0. The van der Waals surface area contributed by atoms with Crippen LogP contribution < -0.4 is 5.32 Å². The van der Waals surface area contributed by atoms with Crippen molar-refractivity contribution in [1.82, 2.24) is 4.98 Å². The fraction of sp³-hybridized carbons (Fsp3) is 0.118. The number of rotatable bonds is 6. The van der Waals surface area contributed by atoms with Gasteiger partial charge in [-0.1, -0.05) is 34.8 Å². The van der Waals surface area contributed by atoms with Crippen LogP contribution in [0.2, 0.25) is 15.2 Å². The predicted molar refractivity (Wildman–Crippen MR) is 98.3 cm³/mol. The van der Waals surface area contributed by atoms with Gasteiger partial charge < -0.3 is 10.1 Å². The number of carbonyl (C=O) groups is 2. The minimum Gasteiger partial charge on any atom is -0.462 e. The molecule has 0 spiro atoms. The van der Waals surface area contributed by atoms with Crippen LogP contribution in [0, 0.1) is 5.82 Å². The van der Waals surface area contributed by atoms with E-state index in [1.54, 1.807) is 6.92 Å². The van der Waals surface area contributed by atoms with E-state index in [4.69, 9.17) is 39.5 Å². The first-order valence-electron chi connectivity index (χ1n) is 7.28. The van der Waals surface area contributed by atoms with Crippen LogP contribution in [-0.4, -0.2) is 23.3 Å². The quantitative estimate of drug-likeness (QED) is 0.180. The number of esters is 1. The van der Waals surface area contributed by atoms with E-state index in [1.807, 2.05) is 0 Å². The van der Waals surface area contributed by atoms with E-state index in [9.17, 15) is 14.0 Å². The van der Waals surface area contributed by atoms with Crippen LogP contribution >= 0.6 is 34.8 Å². The summed E-state index contributed by atoms with van der Waals surface area (Å²) in [4.78, 5) is 28.7. The molecule has 1 aromatic heterocycles. The molecule has 0 saturated heterocycles. The van der Waals surface area contributed by atoms with E-state index in [0.29, 0.717) is 5.69 Å². The van der Waals surface area contributed by atoms with E-state index < -0.39 is 17.6 Å². The number of nitrogens with zero attached hydrogens (tertiary/aromatic N) is 1. The zero-order valence-electron chi connectivity index (χ0n) is 13.4. The molecule has 9 heteroatoms. The highest BCUT2D eigenvalue weighted by molar-refractivity contribution is 6.49. The normalized spacial score (nSPS) is 11.2. The monoisotopic (exact) mass is 416 g/mol. The van der Waals surface area contributed by atoms with Crippen LogP contribution in [0.1, 0.15) is 17.3 Å². The molecule has 0 bridgehead atoms. The molecule has 0 atom stereocenters. The van der Waals surface area contributed by atoms with Crippen molar-refractivity contribution in [1.29, 1.82) is 0 Å². The molecule has 0 saturated carbocycles. The van der Waals surface area contributed by atoms with E-state index in [-0.39, 0.29) is 32.9 Å². The number of pyridine rings is 1. The Bertz CT molecular complexity index is 870. The van der Waals surface area contributed by atoms with Crippen LogP contribution in [0.15, 0.2) is 42.2 Å². The highest BCUT2D eigenvalue weighted by Gasteiger charge is 2.25. The van der Waals surface area contributed by atoms with Crippen LogP contribution in [0.25, 0.3) is 0 Å². The molecule has 0 aliphatic carbocycles. The Morgan fingerprint density at radius 3 is 2.46 bits per heavy atom. The third-order valence-electron chi connectivity index (χ3n) is 3.13. The van der Waals surface area contributed by atoms with Gasteiger partial charge in [-0.05, 0) is 31.2 Å². The molecular weight excluding hydrogens is 406 g/mol. The third kappa shape index (κ3) is 4.72. The molecule has 26 heavy (non-hydrogen) atoms. The van der Waals surface area contributed by atoms with Crippen LogP contribution in [0.3, 0.4) is 0 Å². The first kappa shape index (κ1) is 20.2. The average Bonchev–Trinajstić information content (AvgIpc) is 2.61. The molecule has 0 aliphatic rings. The van der Waals surface area contributed by atoms with Gasteiger partial charge in [-0.3, -0.25) is 4.79 Å². The van der Waals surface area contributed by atoms with Crippen LogP contribution in [0.4, 0.5) is 10.1 Å². The smallest absolute Gasteiger partial charge is 0.343 e. The van der Waals surface area contributed by atoms with Gasteiger partial charge in [0.15, 0.2) is 0 Å². The number of hydrogen-bond acceptors (Lipinski definition) is 5. The first-order chi connectivity index (χ1) is 12.3. The minimum absolute atomic E-state index is 0.0629. The number of halogens is 4. The molecule has 1 N–H and O–H groups in total. The van der Waals surface area contributed by atoms with E-state index in [1.165, 1.54) is 24.3 Å². The van der Waals surface area contributed by atoms with Crippen LogP contribution in [0.5, 0.6) is 0 Å².